The van der Waals surface area contributed by atoms with Gasteiger partial charge in [0.2, 0.25) is 0 Å². The molecule has 0 fully saturated rings. The summed E-state index contributed by atoms with van der Waals surface area (Å²) in [5.41, 5.74) is 6.19. The first-order valence-electron chi connectivity index (χ1n) is 5.53. The fourth-order valence-electron chi connectivity index (χ4n) is 1.50. The first-order chi connectivity index (χ1) is 8.31. The van der Waals surface area contributed by atoms with Crippen molar-refractivity contribution in [2.24, 2.45) is 5.73 Å². The number of nitrogens with zero attached hydrogens (tertiary/aromatic N) is 2. The van der Waals surface area contributed by atoms with Crippen molar-refractivity contribution in [3.63, 3.8) is 0 Å². The smallest absolute Gasteiger partial charge is 0.115 e. The van der Waals surface area contributed by atoms with Gasteiger partial charge in [0.05, 0.1) is 11.4 Å². The van der Waals surface area contributed by atoms with E-state index in [0.717, 1.165) is 11.4 Å². The number of hydrogen-bond donors (Lipinski definition) is 1. The highest BCUT2D eigenvalue weighted by Gasteiger charge is 2.21. The summed E-state index contributed by atoms with van der Waals surface area (Å²) in [5, 5.41) is 3.27. The number of thioether (sulfide) groups is 1. The first kappa shape index (κ1) is 12.5. The van der Waals surface area contributed by atoms with E-state index in [9.17, 15) is 0 Å². The van der Waals surface area contributed by atoms with E-state index in [-0.39, 0.29) is 11.3 Å². The van der Waals surface area contributed by atoms with Crippen LogP contribution in [-0.4, -0.2) is 16.0 Å². The molecule has 5 heteroatoms. The Balaban J connectivity index is 2.17. The highest BCUT2D eigenvalue weighted by atomic mass is 32.2. The van der Waals surface area contributed by atoms with Gasteiger partial charge in [-0.05, 0) is 17.9 Å². The van der Waals surface area contributed by atoms with Crippen LogP contribution in [0.1, 0.15) is 23.5 Å². The van der Waals surface area contributed by atoms with Crippen molar-refractivity contribution in [2.45, 2.75) is 29.7 Å². The normalized spacial score (nSPS) is 14.5. The number of rotatable bonds is 5. The van der Waals surface area contributed by atoms with E-state index < -0.39 is 0 Å². The minimum Gasteiger partial charge on any atom is -0.326 e. The summed E-state index contributed by atoms with van der Waals surface area (Å²) in [4.78, 5) is 9.68. The Morgan fingerprint density at radius 1 is 1.47 bits per heavy atom. The van der Waals surface area contributed by atoms with Gasteiger partial charge in [-0.15, -0.1) is 11.3 Å². The van der Waals surface area contributed by atoms with Gasteiger partial charge in [0.1, 0.15) is 5.03 Å². The maximum Gasteiger partial charge on any atom is 0.115 e. The maximum atomic E-state index is 6.19. The van der Waals surface area contributed by atoms with Gasteiger partial charge in [0, 0.05) is 23.3 Å². The zero-order chi connectivity index (χ0) is 12.1. The molecular formula is C12H15N3S2. The van der Waals surface area contributed by atoms with E-state index in [0.29, 0.717) is 0 Å². The van der Waals surface area contributed by atoms with Crippen molar-refractivity contribution in [3.8, 4) is 0 Å². The Hall–Kier alpha value is -0.910. The van der Waals surface area contributed by atoms with Gasteiger partial charge in [-0.3, -0.25) is 4.98 Å². The van der Waals surface area contributed by atoms with Gasteiger partial charge < -0.3 is 5.73 Å². The summed E-state index contributed by atoms with van der Waals surface area (Å²) >= 11 is 3.44. The Labute approximate surface area is 109 Å². The SMILES string of the molecule is CCC(N)C(Sc1cnccn1)c1cccs1. The Morgan fingerprint density at radius 2 is 2.35 bits per heavy atom. The monoisotopic (exact) mass is 265 g/mol. The summed E-state index contributed by atoms with van der Waals surface area (Å²) in [7, 11) is 0. The molecule has 0 saturated carbocycles. The quantitative estimate of drug-likeness (QED) is 0.844. The molecule has 2 unspecified atom stereocenters. The zero-order valence-electron chi connectivity index (χ0n) is 9.61. The van der Waals surface area contributed by atoms with Crippen molar-refractivity contribution in [2.75, 3.05) is 0 Å². The fourth-order valence-corrected chi connectivity index (χ4v) is 3.66. The van der Waals surface area contributed by atoms with Crippen LogP contribution < -0.4 is 5.73 Å². The molecule has 0 saturated heterocycles. The van der Waals surface area contributed by atoms with E-state index in [4.69, 9.17) is 5.73 Å². The third kappa shape index (κ3) is 3.28. The van der Waals surface area contributed by atoms with Crippen LogP contribution in [0.5, 0.6) is 0 Å². The maximum absolute atomic E-state index is 6.19. The summed E-state index contributed by atoms with van der Waals surface area (Å²) in [5.74, 6) is 0. The van der Waals surface area contributed by atoms with E-state index >= 15 is 0 Å². The third-order valence-electron chi connectivity index (χ3n) is 2.47. The molecule has 2 N–H and O–H groups in total. The largest absolute Gasteiger partial charge is 0.326 e. The van der Waals surface area contributed by atoms with Crippen molar-refractivity contribution in [1.29, 1.82) is 0 Å². The van der Waals surface area contributed by atoms with Crippen molar-refractivity contribution in [1.82, 2.24) is 9.97 Å². The second-order valence-electron chi connectivity index (χ2n) is 3.67. The van der Waals surface area contributed by atoms with Crippen LogP contribution >= 0.6 is 23.1 Å². The molecule has 3 nitrogen and oxygen atoms in total. The molecule has 2 aromatic heterocycles. The first-order valence-corrected chi connectivity index (χ1v) is 7.29. The number of aromatic nitrogens is 2. The van der Waals surface area contributed by atoms with Gasteiger partial charge in [-0.1, -0.05) is 24.8 Å². The lowest BCUT2D eigenvalue weighted by molar-refractivity contribution is 0.639. The van der Waals surface area contributed by atoms with Crippen molar-refractivity contribution in [3.05, 3.63) is 41.0 Å². The molecule has 0 radical (unpaired) electrons. The van der Waals surface area contributed by atoms with E-state index in [2.05, 4.69) is 34.4 Å². The highest BCUT2D eigenvalue weighted by molar-refractivity contribution is 7.99. The summed E-state index contributed by atoms with van der Waals surface area (Å²) < 4.78 is 0. The van der Waals surface area contributed by atoms with Crippen molar-refractivity contribution >= 4 is 23.1 Å². The molecule has 2 aromatic rings. The topological polar surface area (TPSA) is 51.8 Å². The number of nitrogens with two attached hydrogens (primary N) is 1. The van der Waals surface area contributed by atoms with Crippen LogP contribution in [0.25, 0.3) is 0 Å². The van der Waals surface area contributed by atoms with Gasteiger partial charge in [-0.25, -0.2) is 4.98 Å². The average Bonchev–Trinajstić information content (AvgIpc) is 2.90. The number of thiophene rings is 1. The second kappa shape index (κ2) is 6.14. The molecule has 0 spiro atoms. The molecule has 2 rings (SSSR count). The lowest BCUT2D eigenvalue weighted by Crippen LogP contribution is -2.25. The number of hydrogen-bond acceptors (Lipinski definition) is 5. The van der Waals surface area contributed by atoms with Crippen LogP contribution in [0.2, 0.25) is 0 Å². The molecule has 90 valence electrons. The van der Waals surface area contributed by atoms with Gasteiger partial charge >= 0.3 is 0 Å². The molecule has 0 amide bonds. The van der Waals surface area contributed by atoms with Crippen LogP contribution in [0, 0.1) is 0 Å². The molecule has 2 atom stereocenters. The van der Waals surface area contributed by atoms with Crippen LogP contribution in [0.15, 0.2) is 41.1 Å². The fraction of sp³-hybridized carbons (Fsp3) is 0.333. The predicted octanol–water partition coefficient (Wildman–Crippen LogP) is 3.11. The molecule has 17 heavy (non-hydrogen) atoms. The Kier molecular flexibility index (Phi) is 4.53. The molecule has 2 heterocycles. The van der Waals surface area contributed by atoms with Gasteiger partial charge in [-0.2, -0.15) is 0 Å². The second-order valence-corrected chi connectivity index (χ2v) is 5.81. The summed E-state index contributed by atoms with van der Waals surface area (Å²) in [6.45, 7) is 2.11. The lowest BCUT2D eigenvalue weighted by atomic mass is 10.1. The van der Waals surface area contributed by atoms with Crippen molar-refractivity contribution < 1.29 is 0 Å². The molecular weight excluding hydrogens is 250 g/mol. The van der Waals surface area contributed by atoms with Gasteiger partial charge in [0.25, 0.3) is 0 Å². The Morgan fingerprint density at radius 3 is 2.94 bits per heavy atom. The molecule has 0 aliphatic heterocycles. The minimum atomic E-state index is 0.139. The van der Waals surface area contributed by atoms with E-state index in [1.54, 1.807) is 41.7 Å². The van der Waals surface area contributed by atoms with Crippen LogP contribution in [0.4, 0.5) is 0 Å². The zero-order valence-corrected chi connectivity index (χ0v) is 11.2. The highest BCUT2D eigenvalue weighted by Crippen LogP contribution is 2.38. The standard InChI is InChI=1S/C12H15N3S2/c1-2-9(13)12(10-4-3-7-16-10)17-11-8-14-5-6-15-11/h3-9,12H,2,13H2,1H3. The van der Waals surface area contributed by atoms with E-state index in [1.165, 1.54) is 4.88 Å². The summed E-state index contributed by atoms with van der Waals surface area (Å²) in [6, 6.07) is 4.33. The van der Waals surface area contributed by atoms with Crippen LogP contribution in [-0.2, 0) is 0 Å². The Bertz CT molecular complexity index is 430. The molecule has 0 bridgehead atoms. The average molecular weight is 265 g/mol. The van der Waals surface area contributed by atoms with E-state index in [1.807, 2.05) is 0 Å². The van der Waals surface area contributed by atoms with Gasteiger partial charge in [0.15, 0.2) is 0 Å². The van der Waals surface area contributed by atoms with Crippen LogP contribution in [0.3, 0.4) is 0 Å². The summed E-state index contributed by atoms with van der Waals surface area (Å²) in [6.07, 6.45) is 6.14. The molecule has 0 aliphatic carbocycles. The third-order valence-corrected chi connectivity index (χ3v) is 4.89. The minimum absolute atomic E-state index is 0.139. The molecule has 0 aromatic carbocycles. The predicted molar refractivity (Wildman–Crippen MR) is 73.2 cm³/mol. The molecule has 0 aliphatic rings. The lowest BCUT2D eigenvalue weighted by Gasteiger charge is -2.20.